The zero-order valence-electron chi connectivity index (χ0n) is 16.7. The van der Waals surface area contributed by atoms with Crippen molar-refractivity contribution in [3.05, 3.63) is 30.0 Å². The Morgan fingerprint density at radius 1 is 1.13 bits per heavy atom. The summed E-state index contributed by atoms with van der Waals surface area (Å²) in [6.45, 7) is 6.30. The third kappa shape index (κ3) is 5.43. The van der Waals surface area contributed by atoms with Crippen LogP contribution in [0.2, 0.25) is 0 Å². The van der Waals surface area contributed by atoms with E-state index in [0.717, 1.165) is 12.1 Å². The Morgan fingerprint density at radius 2 is 1.77 bits per heavy atom. The Balaban J connectivity index is 2.49. The molecule has 0 aliphatic carbocycles. The molecule has 0 atom stereocenters. The number of esters is 2. The number of hydrogen-bond donors (Lipinski definition) is 1. The molecule has 0 spiro atoms. The maximum Gasteiger partial charge on any atom is 0.516 e. The van der Waals surface area contributed by atoms with Crippen LogP contribution in [0.25, 0.3) is 10.9 Å². The summed E-state index contributed by atoms with van der Waals surface area (Å²) in [7, 11) is -5.61. The van der Waals surface area contributed by atoms with Gasteiger partial charge >= 0.3 is 27.5 Å². The average Bonchev–Trinajstić information content (AvgIpc) is 2.89. The number of hydrogen-bond acceptors (Lipinski definition) is 6. The van der Waals surface area contributed by atoms with Gasteiger partial charge in [-0.2, -0.15) is 21.6 Å². The van der Waals surface area contributed by atoms with E-state index >= 15 is 0 Å². The minimum absolute atomic E-state index is 0.0338. The first-order chi connectivity index (χ1) is 13.6. The van der Waals surface area contributed by atoms with Gasteiger partial charge in [0.2, 0.25) is 0 Å². The minimum Gasteiger partial charge on any atom is -0.461 e. The lowest BCUT2D eigenvalue weighted by molar-refractivity contribution is -0.155. The van der Waals surface area contributed by atoms with E-state index in [4.69, 9.17) is 9.47 Å². The Morgan fingerprint density at radius 3 is 2.30 bits per heavy atom. The van der Waals surface area contributed by atoms with E-state index in [0.29, 0.717) is 5.52 Å². The SMILES string of the molecule is CCOC(=O)c1cc2cc(NS(=O)(=O)C(F)(F)F)ccc2n1CC(=O)OC(C)(C)C. The molecule has 2 aromatic rings. The molecule has 0 radical (unpaired) electrons. The first-order valence-electron chi connectivity index (χ1n) is 8.76. The Kier molecular flexibility index (Phi) is 6.40. The van der Waals surface area contributed by atoms with Crippen LogP contribution in [-0.4, -0.2) is 42.6 Å². The summed E-state index contributed by atoms with van der Waals surface area (Å²) < 4.78 is 73.4. The molecule has 0 aliphatic rings. The van der Waals surface area contributed by atoms with Gasteiger partial charge in [0.05, 0.1) is 6.61 Å². The highest BCUT2D eigenvalue weighted by atomic mass is 32.2. The molecule has 166 valence electrons. The summed E-state index contributed by atoms with van der Waals surface area (Å²) in [6.07, 6.45) is 0. The maximum absolute atomic E-state index is 12.6. The summed E-state index contributed by atoms with van der Waals surface area (Å²) >= 11 is 0. The van der Waals surface area contributed by atoms with Crippen molar-refractivity contribution in [2.45, 2.75) is 45.3 Å². The van der Waals surface area contributed by atoms with Crippen LogP contribution in [0, 0.1) is 0 Å². The van der Waals surface area contributed by atoms with Crippen molar-refractivity contribution in [3.63, 3.8) is 0 Å². The molecule has 0 unspecified atom stereocenters. The summed E-state index contributed by atoms with van der Waals surface area (Å²) in [5, 5.41) is 0.226. The molecule has 0 bridgehead atoms. The average molecular weight is 450 g/mol. The van der Waals surface area contributed by atoms with E-state index in [1.807, 2.05) is 0 Å². The van der Waals surface area contributed by atoms with Crippen LogP contribution >= 0.6 is 0 Å². The Bertz CT molecular complexity index is 1070. The van der Waals surface area contributed by atoms with Gasteiger partial charge < -0.3 is 14.0 Å². The van der Waals surface area contributed by atoms with Gasteiger partial charge in [0, 0.05) is 16.6 Å². The van der Waals surface area contributed by atoms with Crippen molar-refractivity contribution in [2.24, 2.45) is 0 Å². The largest absolute Gasteiger partial charge is 0.516 e. The van der Waals surface area contributed by atoms with E-state index in [-0.39, 0.29) is 29.9 Å². The fraction of sp³-hybridized carbons (Fsp3) is 0.444. The predicted octanol–water partition coefficient (Wildman–Crippen LogP) is 3.42. The number of halogens is 3. The molecule has 1 N–H and O–H groups in total. The molecule has 30 heavy (non-hydrogen) atoms. The molecule has 0 amide bonds. The van der Waals surface area contributed by atoms with Crippen LogP contribution in [-0.2, 0) is 30.8 Å². The highest BCUT2D eigenvalue weighted by Gasteiger charge is 2.46. The fourth-order valence-electron chi connectivity index (χ4n) is 2.59. The van der Waals surface area contributed by atoms with E-state index in [2.05, 4.69) is 0 Å². The van der Waals surface area contributed by atoms with Crippen molar-refractivity contribution in [2.75, 3.05) is 11.3 Å². The Labute approximate surface area is 171 Å². The molecular formula is C18H21F3N2O6S. The number of carbonyl (C=O) groups is 2. The lowest BCUT2D eigenvalue weighted by Gasteiger charge is -2.20. The normalized spacial score (nSPS) is 12.6. The Hall–Kier alpha value is -2.76. The highest BCUT2D eigenvalue weighted by Crippen LogP contribution is 2.29. The number of fused-ring (bicyclic) bond motifs is 1. The molecule has 8 nitrogen and oxygen atoms in total. The van der Waals surface area contributed by atoms with Gasteiger partial charge in [-0.25, -0.2) is 4.79 Å². The van der Waals surface area contributed by atoms with Crippen LogP contribution in [0.4, 0.5) is 18.9 Å². The van der Waals surface area contributed by atoms with Gasteiger partial charge in [-0.1, -0.05) is 0 Å². The monoisotopic (exact) mass is 450 g/mol. The van der Waals surface area contributed by atoms with Gasteiger partial charge in [-0.05, 0) is 52.0 Å². The first-order valence-corrected chi connectivity index (χ1v) is 10.2. The topological polar surface area (TPSA) is 104 Å². The van der Waals surface area contributed by atoms with Gasteiger partial charge in [0.25, 0.3) is 0 Å². The molecule has 1 aromatic heterocycles. The van der Waals surface area contributed by atoms with E-state index in [1.165, 1.54) is 21.4 Å². The third-order valence-electron chi connectivity index (χ3n) is 3.65. The maximum atomic E-state index is 12.6. The van der Waals surface area contributed by atoms with Gasteiger partial charge in [-0.15, -0.1) is 0 Å². The van der Waals surface area contributed by atoms with Crippen LogP contribution in [0.5, 0.6) is 0 Å². The summed E-state index contributed by atoms with van der Waals surface area (Å²) in [4.78, 5) is 24.5. The van der Waals surface area contributed by atoms with Crippen LogP contribution in [0.15, 0.2) is 24.3 Å². The standard InChI is InChI=1S/C18H21F3N2O6S/c1-5-28-16(25)14-9-11-8-12(22-30(26,27)18(19,20)21)6-7-13(11)23(14)10-15(24)29-17(2,3)4/h6-9,22H,5,10H2,1-4H3. The number of ether oxygens (including phenoxy) is 2. The van der Waals surface area contributed by atoms with Crippen molar-refractivity contribution >= 4 is 38.6 Å². The molecule has 0 saturated carbocycles. The van der Waals surface area contributed by atoms with Gasteiger partial charge in [-0.3, -0.25) is 9.52 Å². The molecular weight excluding hydrogens is 429 g/mol. The number of anilines is 1. The van der Waals surface area contributed by atoms with Crippen molar-refractivity contribution in [3.8, 4) is 0 Å². The fourth-order valence-corrected chi connectivity index (χ4v) is 3.15. The zero-order valence-corrected chi connectivity index (χ0v) is 17.5. The number of carbonyl (C=O) groups excluding carboxylic acids is 2. The quantitative estimate of drug-likeness (QED) is 0.677. The van der Waals surface area contributed by atoms with Gasteiger partial charge in [0.1, 0.15) is 17.8 Å². The number of aromatic nitrogens is 1. The molecule has 12 heteroatoms. The lowest BCUT2D eigenvalue weighted by atomic mass is 10.2. The summed E-state index contributed by atoms with van der Waals surface area (Å²) in [6, 6.07) is 4.79. The number of alkyl halides is 3. The zero-order chi connectivity index (χ0) is 22.9. The second kappa shape index (κ2) is 8.17. The molecule has 0 fully saturated rings. The molecule has 1 aromatic carbocycles. The van der Waals surface area contributed by atoms with E-state index < -0.39 is 33.1 Å². The van der Waals surface area contributed by atoms with Crippen molar-refractivity contribution in [1.29, 1.82) is 0 Å². The van der Waals surface area contributed by atoms with Crippen LogP contribution < -0.4 is 4.72 Å². The van der Waals surface area contributed by atoms with Crippen molar-refractivity contribution < 1.29 is 40.7 Å². The lowest BCUT2D eigenvalue weighted by Crippen LogP contribution is -2.29. The second-order valence-corrected chi connectivity index (χ2v) is 8.92. The second-order valence-electron chi connectivity index (χ2n) is 7.25. The highest BCUT2D eigenvalue weighted by molar-refractivity contribution is 7.93. The molecule has 1 heterocycles. The summed E-state index contributed by atoms with van der Waals surface area (Å²) in [5.74, 6) is -1.40. The number of nitrogens with zero attached hydrogens (tertiary/aromatic N) is 1. The molecule has 0 aliphatic heterocycles. The number of nitrogens with one attached hydrogen (secondary N) is 1. The van der Waals surface area contributed by atoms with Crippen LogP contribution in [0.1, 0.15) is 38.2 Å². The molecule has 2 rings (SSSR count). The van der Waals surface area contributed by atoms with Crippen LogP contribution in [0.3, 0.4) is 0 Å². The first kappa shape index (κ1) is 23.5. The summed E-state index contributed by atoms with van der Waals surface area (Å²) in [5.41, 5.74) is -6.34. The van der Waals surface area contributed by atoms with E-state index in [1.54, 1.807) is 27.7 Å². The number of rotatable bonds is 6. The van der Waals surface area contributed by atoms with E-state index in [9.17, 15) is 31.2 Å². The van der Waals surface area contributed by atoms with Crippen molar-refractivity contribution in [1.82, 2.24) is 4.57 Å². The molecule has 0 saturated heterocycles. The van der Waals surface area contributed by atoms with Gasteiger partial charge in [0.15, 0.2) is 0 Å². The number of benzene rings is 1. The number of sulfonamides is 1. The predicted molar refractivity (Wildman–Crippen MR) is 102 cm³/mol. The third-order valence-corrected chi connectivity index (χ3v) is 4.76. The minimum atomic E-state index is -5.61. The smallest absolute Gasteiger partial charge is 0.461 e.